The van der Waals surface area contributed by atoms with E-state index in [9.17, 15) is 4.79 Å². The summed E-state index contributed by atoms with van der Waals surface area (Å²) in [6.07, 6.45) is 6.35. The Morgan fingerprint density at radius 3 is 2.81 bits per heavy atom. The lowest BCUT2D eigenvalue weighted by Gasteiger charge is -2.31. The Hall–Kier alpha value is -2.71. The van der Waals surface area contributed by atoms with Gasteiger partial charge in [0.2, 0.25) is 5.91 Å². The molecule has 1 atom stereocenters. The molecule has 8 heteroatoms. The molecule has 1 aliphatic rings. The summed E-state index contributed by atoms with van der Waals surface area (Å²) in [6.45, 7) is 6.80. The first kappa shape index (κ1) is 22.5. The highest BCUT2D eigenvalue weighted by molar-refractivity contribution is 8.00. The van der Waals surface area contributed by atoms with Gasteiger partial charge in [-0.1, -0.05) is 30.0 Å². The van der Waals surface area contributed by atoms with Gasteiger partial charge in [0, 0.05) is 49.9 Å². The number of fused-ring (bicyclic) bond motifs is 1. The first-order chi connectivity index (χ1) is 15.7. The number of pyridine rings is 1. The maximum absolute atomic E-state index is 13.4. The van der Waals surface area contributed by atoms with E-state index in [1.54, 1.807) is 12.4 Å². The molecule has 1 unspecified atom stereocenters. The number of hydrogen-bond acceptors (Lipinski definition) is 6. The second kappa shape index (κ2) is 10.7. The van der Waals surface area contributed by atoms with E-state index in [1.807, 2.05) is 49.1 Å². The third-order valence-electron chi connectivity index (χ3n) is 5.54. The van der Waals surface area contributed by atoms with Crippen LogP contribution < -0.4 is 4.90 Å². The number of aromatic nitrogens is 4. The van der Waals surface area contributed by atoms with E-state index in [0.29, 0.717) is 13.2 Å². The molecule has 0 saturated carbocycles. The van der Waals surface area contributed by atoms with E-state index in [1.165, 1.54) is 17.3 Å². The van der Waals surface area contributed by atoms with Crippen molar-refractivity contribution in [2.75, 3.05) is 24.7 Å². The zero-order chi connectivity index (χ0) is 22.3. The van der Waals surface area contributed by atoms with Crippen molar-refractivity contribution in [3.63, 3.8) is 0 Å². The number of para-hydroxylation sites is 1. The first-order valence-corrected chi connectivity index (χ1v) is 12.0. The molecule has 4 rings (SSSR count). The minimum atomic E-state index is -0.277. The Morgan fingerprint density at radius 2 is 2.00 bits per heavy atom. The molecule has 7 nitrogen and oxygen atoms in total. The molecule has 0 spiro atoms. The molecule has 0 saturated heterocycles. The smallest absolute Gasteiger partial charge is 0.240 e. The Balaban J connectivity index is 1.54. The van der Waals surface area contributed by atoms with Gasteiger partial charge in [-0.3, -0.25) is 9.78 Å². The average Bonchev–Trinajstić information content (AvgIpc) is 3.23. The van der Waals surface area contributed by atoms with Gasteiger partial charge < -0.3 is 14.2 Å². The lowest BCUT2D eigenvalue weighted by atomic mass is 10.0. The largest absolute Gasteiger partial charge is 0.382 e. The van der Waals surface area contributed by atoms with Crippen LogP contribution in [0.3, 0.4) is 0 Å². The molecule has 0 N–H and O–H groups in total. The minimum absolute atomic E-state index is 0.108. The van der Waals surface area contributed by atoms with Crippen molar-refractivity contribution in [3.8, 4) is 11.4 Å². The molecule has 0 fully saturated rings. The van der Waals surface area contributed by atoms with Crippen molar-refractivity contribution >= 4 is 23.4 Å². The van der Waals surface area contributed by atoms with Gasteiger partial charge in [-0.2, -0.15) is 0 Å². The summed E-state index contributed by atoms with van der Waals surface area (Å²) in [7, 11) is 0. The number of rotatable bonds is 9. The van der Waals surface area contributed by atoms with Crippen LogP contribution in [0, 0.1) is 0 Å². The Morgan fingerprint density at radius 1 is 1.19 bits per heavy atom. The number of carbonyl (C=O) groups is 1. The van der Waals surface area contributed by atoms with Crippen molar-refractivity contribution in [3.05, 3.63) is 54.4 Å². The summed E-state index contributed by atoms with van der Waals surface area (Å²) in [5.41, 5.74) is 3.23. The van der Waals surface area contributed by atoms with Gasteiger partial charge >= 0.3 is 0 Å². The number of amides is 1. The quantitative estimate of drug-likeness (QED) is 0.358. The van der Waals surface area contributed by atoms with Crippen LogP contribution in [0.2, 0.25) is 0 Å². The van der Waals surface area contributed by atoms with Crippen molar-refractivity contribution in [2.24, 2.45) is 0 Å². The summed E-state index contributed by atoms with van der Waals surface area (Å²) in [4.78, 5) is 19.4. The van der Waals surface area contributed by atoms with E-state index in [4.69, 9.17) is 4.74 Å². The van der Waals surface area contributed by atoms with E-state index in [2.05, 4.69) is 25.8 Å². The predicted molar refractivity (Wildman–Crippen MR) is 127 cm³/mol. The normalized spacial score (nSPS) is 14.2. The summed E-state index contributed by atoms with van der Waals surface area (Å²) >= 11 is 1.47. The fourth-order valence-corrected chi connectivity index (χ4v) is 4.89. The second-order valence-corrected chi connectivity index (χ2v) is 9.03. The maximum Gasteiger partial charge on any atom is 0.240 e. The summed E-state index contributed by atoms with van der Waals surface area (Å²) in [5.74, 6) is 0.894. The zero-order valence-electron chi connectivity index (χ0n) is 18.6. The molecular weight excluding hydrogens is 422 g/mol. The van der Waals surface area contributed by atoms with Crippen LogP contribution in [0.5, 0.6) is 0 Å². The molecule has 1 amide bonds. The van der Waals surface area contributed by atoms with E-state index < -0.39 is 0 Å². The molecule has 1 aliphatic heterocycles. The monoisotopic (exact) mass is 451 g/mol. The number of ether oxygens (including phenoxy) is 1. The lowest BCUT2D eigenvalue weighted by molar-refractivity contribution is -0.117. The van der Waals surface area contributed by atoms with E-state index >= 15 is 0 Å². The zero-order valence-corrected chi connectivity index (χ0v) is 19.4. The van der Waals surface area contributed by atoms with Gasteiger partial charge in [0.25, 0.3) is 0 Å². The van der Waals surface area contributed by atoms with Gasteiger partial charge in [0.05, 0.1) is 5.25 Å². The summed E-state index contributed by atoms with van der Waals surface area (Å²) in [5, 5.41) is 9.36. The third kappa shape index (κ3) is 5.02. The van der Waals surface area contributed by atoms with Crippen molar-refractivity contribution in [1.82, 2.24) is 19.7 Å². The number of carbonyl (C=O) groups excluding carboxylic acids is 1. The van der Waals surface area contributed by atoms with Crippen LogP contribution >= 0.6 is 11.8 Å². The third-order valence-corrected chi connectivity index (χ3v) is 6.60. The topological polar surface area (TPSA) is 73.1 Å². The lowest BCUT2D eigenvalue weighted by Crippen LogP contribution is -2.40. The number of benzene rings is 1. The van der Waals surface area contributed by atoms with Gasteiger partial charge in [-0.15, -0.1) is 10.2 Å². The van der Waals surface area contributed by atoms with Crippen LogP contribution in [0.25, 0.3) is 11.4 Å². The summed E-state index contributed by atoms with van der Waals surface area (Å²) < 4.78 is 7.61. The fraction of sp³-hybridized carbons (Fsp3) is 0.417. The standard InChI is InChI=1S/C24H29N5O2S/c1-3-31-17-7-16-29-22(20-11-13-25-14-12-20)26-27-24(29)32-18(2)23(30)28-15-6-9-19-8-4-5-10-21(19)28/h4-5,8,10-14,18H,3,6-7,9,15-17H2,1-2H3. The molecular formula is C24H29N5O2S. The SMILES string of the molecule is CCOCCCn1c(SC(C)C(=O)N2CCCc3ccccc32)nnc1-c1ccncc1. The Labute approximate surface area is 193 Å². The van der Waals surface area contributed by atoms with Crippen LogP contribution in [-0.2, 0) is 22.5 Å². The van der Waals surface area contributed by atoms with Crippen molar-refractivity contribution in [1.29, 1.82) is 0 Å². The molecule has 0 bridgehead atoms. The van der Waals surface area contributed by atoms with Crippen molar-refractivity contribution in [2.45, 2.75) is 50.1 Å². The fourth-order valence-electron chi connectivity index (χ4n) is 3.95. The van der Waals surface area contributed by atoms with E-state index in [0.717, 1.165) is 54.6 Å². The van der Waals surface area contributed by atoms with Crippen LogP contribution in [0.4, 0.5) is 5.69 Å². The predicted octanol–water partition coefficient (Wildman–Crippen LogP) is 4.23. The molecule has 2 aromatic heterocycles. The minimum Gasteiger partial charge on any atom is -0.382 e. The Kier molecular flexibility index (Phi) is 7.55. The molecule has 32 heavy (non-hydrogen) atoms. The van der Waals surface area contributed by atoms with Crippen molar-refractivity contribution < 1.29 is 9.53 Å². The molecule has 3 aromatic rings. The molecule has 0 aliphatic carbocycles. The molecule has 3 heterocycles. The molecule has 168 valence electrons. The van der Waals surface area contributed by atoms with Gasteiger partial charge in [-0.25, -0.2) is 0 Å². The van der Waals surface area contributed by atoms with Gasteiger partial charge in [0.15, 0.2) is 11.0 Å². The molecule has 1 aromatic carbocycles. The number of thioether (sulfide) groups is 1. The number of nitrogens with zero attached hydrogens (tertiary/aromatic N) is 5. The number of hydrogen-bond donors (Lipinski definition) is 0. The number of anilines is 1. The first-order valence-electron chi connectivity index (χ1n) is 11.2. The van der Waals surface area contributed by atoms with Crippen LogP contribution in [-0.4, -0.2) is 50.7 Å². The number of aryl methyl sites for hydroxylation is 1. The van der Waals surface area contributed by atoms with E-state index in [-0.39, 0.29) is 11.2 Å². The second-order valence-electron chi connectivity index (χ2n) is 7.73. The highest BCUT2D eigenvalue weighted by Gasteiger charge is 2.28. The highest BCUT2D eigenvalue weighted by atomic mass is 32.2. The van der Waals surface area contributed by atoms with Gasteiger partial charge in [-0.05, 0) is 56.9 Å². The van der Waals surface area contributed by atoms with Crippen LogP contribution in [0.1, 0.15) is 32.3 Å². The highest BCUT2D eigenvalue weighted by Crippen LogP contribution is 2.32. The average molecular weight is 452 g/mol. The van der Waals surface area contributed by atoms with Crippen LogP contribution in [0.15, 0.2) is 53.9 Å². The van der Waals surface area contributed by atoms with Gasteiger partial charge in [0.1, 0.15) is 0 Å². The Bertz CT molecular complexity index is 1040. The summed E-state index contributed by atoms with van der Waals surface area (Å²) in [6, 6.07) is 12.0. The molecule has 0 radical (unpaired) electrons. The maximum atomic E-state index is 13.4.